The Balaban J connectivity index is 2.13. The topological polar surface area (TPSA) is 0 Å². The van der Waals surface area contributed by atoms with Crippen LogP contribution in [0, 0.1) is 0 Å². The van der Waals surface area contributed by atoms with Gasteiger partial charge in [-0.3, -0.25) is 0 Å². The summed E-state index contributed by atoms with van der Waals surface area (Å²) in [6.07, 6.45) is 12.0. The van der Waals surface area contributed by atoms with Crippen molar-refractivity contribution in [1.82, 2.24) is 0 Å². The maximum atomic E-state index is 2.65. The van der Waals surface area contributed by atoms with Crippen LogP contribution in [0.25, 0.3) is 0 Å². The van der Waals surface area contributed by atoms with E-state index in [-0.39, 0.29) is 15.8 Å². The summed E-state index contributed by atoms with van der Waals surface area (Å²) < 4.78 is 0. The molecule has 2 heterocycles. The van der Waals surface area contributed by atoms with Crippen LogP contribution in [0.2, 0.25) is 0 Å². The summed E-state index contributed by atoms with van der Waals surface area (Å²) >= 11 is 0. The van der Waals surface area contributed by atoms with Gasteiger partial charge < -0.3 is 0 Å². The second-order valence-electron chi connectivity index (χ2n) is 8.34. The van der Waals surface area contributed by atoms with E-state index in [0.29, 0.717) is 0 Å². The summed E-state index contributed by atoms with van der Waals surface area (Å²) in [4.78, 5) is 0. The minimum Gasteiger partial charge on any atom is -0.0974 e. The van der Waals surface area contributed by atoms with E-state index in [4.69, 9.17) is 0 Å². The number of hydrogen-bond acceptors (Lipinski definition) is 0. The van der Waals surface area contributed by atoms with Gasteiger partial charge in [0.15, 0.2) is 0 Å². The minimum absolute atomic E-state index is 0.223. The highest BCUT2D eigenvalue weighted by atomic mass is 31.1. The molecule has 0 aromatic carbocycles. The highest BCUT2D eigenvalue weighted by Crippen LogP contribution is 2.64. The molecule has 2 rings (SSSR count). The fourth-order valence-corrected chi connectivity index (χ4v) is 14.1. The maximum absolute atomic E-state index is 2.65. The van der Waals surface area contributed by atoms with Crippen molar-refractivity contribution in [3.8, 4) is 0 Å². The Morgan fingerprint density at radius 3 is 1.00 bits per heavy atom. The Bertz CT molecular complexity index is 274. The highest BCUT2D eigenvalue weighted by Gasteiger charge is 2.38. The molecule has 0 bridgehead atoms. The van der Waals surface area contributed by atoms with Gasteiger partial charge in [0.1, 0.15) is 0 Å². The fraction of sp³-hybridized carbons (Fsp3) is 1.00. The molecule has 0 spiro atoms. The Hall–Kier alpha value is 0.860. The molecule has 2 aliphatic heterocycles. The van der Waals surface area contributed by atoms with E-state index in [1.54, 1.807) is 0 Å². The van der Waals surface area contributed by atoms with E-state index >= 15 is 0 Å². The van der Waals surface area contributed by atoms with Gasteiger partial charge in [-0.1, -0.05) is 83.1 Å². The van der Waals surface area contributed by atoms with E-state index in [1.807, 2.05) is 0 Å². The summed E-state index contributed by atoms with van der Waals surface area (Å²) in [6, 6.07) is 0. The van der Waals surface area contributed by atoms with Crippen molar-refractivity contribution in [2.45, 2.75) is 127 Å². The first-order valence-electron chi connectivity index (χ1n) is 9.98. The average molecular weight is 342 g/mol. The molecule has 0 radical (unpaired) electrons. The predicted octanol–water partition coefficient (Wildman–Crippen LogP) is 7.43. The second kappa shape index (κ2) is 8.81. The van der Waals surface area contributed by atoms with Gasteiger partial charge >= 0.3 is 0 Å². The fourth-order valence-electron chi connectivity index (χ4n) is 5.33. The molecule has 0 aromatic heterocycles. The third-order valence-corrected chi connectivity index (χ3v) is 14.8. The molecule has 0 aliphatic carbocycles. The lowest BCUT2D eigenvalue weighted by Gasteiger charge is -2.43. The van der Waals surface area contributed by atoms with Crippen LogP contribution in [0.3, 0.4) is 0 Å². The number of rotatable bonds is 3. The summed E-state index contributed by atoms with van der Waals surface area (Å²) in [5.74, 6) is 0. The molecule has 6 atom stereocenters. The molecular weight excluding hydrogens is 302 g/mol. The Morgan fingerprint density at radius 1 is 0.545 bits per heavy atom. The standard InChI is InChI=1S/C20H40P2/c1-15-11-7-8-12-16(2)21(15)19(5)20(6)22-17(3)13-9-10-14-18(22)4/h15-20H,7-14H2,1-6H3/t15-,16-,17-,18-,19?,20?/m0/s1. The van der Waals surface area contributed by atoms with Gasteiger partial charge in [0, 0.05) is 0 Å². The highest BCUT2D eigenvalue weighted by molar-refractivity contribution is 7.64. The summed E-state index contributed by atoms with van der Waals surface area (Å²) in [5.41, 5.74) is 6.03. The zero-order chi connectivity index (χ0) is 16.3. The summed E-state index contributed by atoms with van der Waals surface area (Å²) in [6.45, 7) is 15.7. The first-order chi connectivity index (χ1) is 10.4. The normalized spacial score (nSPS) is 39.0. The van der Waals surface area contributed by atoms with Crippen LogP contribution >= 0.6 is 15.8 Å². The molecule has 2 fully saturated rings. The van der Waals surface area contributed by atoms with Gasteiger partial charge in [-0.15, -0.1) is 0 Å². The molecule has 130 valence electrons. The lowest BCUT2D eigenvalue weighted by atomic mass is 10.1. The molecule has 0 amide bonds. The lowest BCUT2D eigenvalue weighted by molar-refractivity contribution is 0.662. The molecule has 0 saturated carbocycles. The van der Waals surface area contributed by atoms with E-state index in [2.05, 4.69) is 41.5 Å². The lowest BCUT2D eigenvalue weighted by Crippen LogP contribution is -2.29. The first-order valence-corrected chi connectivity index (χ1v) is 13.1. The van der Waals surface area contributed by atoms with E-state index in [0.717, 1.165) is 34.0 Å². The van der Waals surface area contributed by atoms with Gasteiger partial charge in [0.05, 0.1) is 0 Å². The van der Waals surface area contributed by atoms with Gasteiger partial charge in [0.2, 0.25) is 0 Å². The molecule has 2 aliphatic rings. The van der Waals surface area contributed by atoms with Crippen LogP contribution in [0.1, 0.15) is 92.9 Å². The van der Waals surface area contributed by atoms with Crippen molar-refractivity contribution >= 4 is 15.8 Å². The molecule has 0 N–H and O–H groups in total. The zero-order valence-corrected chi connectivity index (χ0v) is 17.8. The van der Waals surface area contributed by atoms with Crippen molar-refractivity contribution in [3.05, 3.63) is 0 Å². The Morgan fingerprint density at radius 2 is 0.773 bits per heavy atom. The first kappa shape index (κ1) is 19.2. The van der Waals surface area contributed by atoms with Gasteiger partial charge in [-0.2, -0.15) is 0 Å². The van der Waals surface area contributed by atoms with Gasteiger partial charge in [0.25, 0.3) is 0 Å². The van der Waals surface area contributed by atoms with Crippen LogP contribution in [0.5, 0.6) is 0 Å². The van der Waals surface area contributed by atoms with Gasteiger partial charge in [-0.05, 0) is 59.6 Å². The molecule has 2 saturated heterocycles. The van der Waals surface area contributed by atoms with Gasteiger partial charge in [-0.25, -0.2) is 0 Å². The van der Waals surface area contributed by atoms with Crippen molar-refractivity contribution in [1.29, 1.82) is 0 Å². The molecule has 0 nitrogen and oxygen atoms in total. The maximum Gasteiger partial charge on any atom is -0.0168 e. The van der Waals surface area contributed by atoms with Crippen molar-refractivity contribution in [3.63, 3.8) is 0 Å². The molecule has 2 unspecified atom stereocenters. The monoisotopic (exact) mass is 342 g/mol. The zero-order valence-electron chi connectivity index (χ0n) is 16.0. The minimum atomic E-state index is 0.223. The SMILES string of the molecule is CC(C(C)P1[C@@H](C)CCCC[C@@H]1C)P1[C@@H](C)CCCC[C@@H]1C. The molecular formula is C20H40P2. The quantitative estimate of drug-likeness (QED) is 0.468. The molecule has 22 heavy (non-hydrogen) atoms. The van der Waals surface area contributed by atoms with Crippen LogP contribution in [-0.2, 0) is 0 Å². The third-order valence-electron chi connectivity index (χ3n) is 6.66. The van der Waals surface area contributed by atoms with Crippen LogP contribution in [0.15, 0.2) is 0 Å². The van der Waals surface area contributed by atoms with E-state index in [9.17, 15) is 0 Å². The predicted molar refractivity (Wildman–Crippen MR) is 108 cm³/mol. The third kappa shape index (κ3) is 4.48. The Kier molecular flexibility index (Phi) is 7.68. The van der Waals surface area contributed by atoms with Crippen LogP contribution in [-0.4, -0.2) is 34.0 Å². The molecule has 2 heteroatoms. The summed E-state index contributed by atoms with van der Waals surface area (Å²) in [5, 5.41) is 0. The average Bonchev–Trinajstić information content (AvgIpc) is 2.73. The van der Waals surface area contributed by atoms with Crippen LogP contribution in [0.4, 0.5) is 0 Å². The number of hydrogen-bond donors (Lipinski definition) is 0. The van der Waals surface area contributed by atoms with Crippen molar-refractivity contribution in [2.75, 3.05) is 0 Å². The molecule has 0 aromatic rings. The Labute approximate surface area is 143 Å². The summed E-state index contributed by atoms with van der Waals surface area (Å²) in [7, 11) is 0.446. The van der Waals surface area contributed by atoms with E-state index in [1.165, 1.54) is 51.4 Å². The largest absolute Gasteiger partial charge is 0.0974 e. The van der Waals surface area contributed by atoms with Crippen molar-refractivity contribution < 1.29 is 0 Å². The van der Waals surface area contributed by atoms with Crippen LogP contribution < -0.4 is 0 Å². The van der Waals surface area contributed by atoms with Crippen molar-refractivity contribution in [2.24, 2.45) is 0 Å². The second-order valence-corrected chi connectivity index (χ2v) is 15.3. The smallest absolute Gasteiger partial charge is 0.0168 e. The van der Waals surface area contributed by atoms with E-state index < -0.39 is 0 Å².